The number of pyridine rings is 1. The molecule has 0 aliphatic rings. The Kier molecular flexibility index (Phi) is 3.75. The predicted octanol–water partition coefficient (Wildman–Crippen LogP) is 2.29. The van der Waals surface area contributed by atoms with Crippen LogP contribution in [0.25, 0.3) is 0 Å². The molecule has 5 heteroatoms. The second kappa shape index (κ2) is 5.48. The third-order valence-corrected chi connectivity index (χ3v) is 2.77. The van der Waals surface area contributed by atoms with E-state index in [1.165, 1.54) is 12.3 Å². The SMILES string of the molecule is CC(NC(=O)c1ccc(N)nc1)c1ccccc1F. The number of carbonyl (C=O) groups excluding carboxylic acids is 1. The first-order valence-corrected chi connectivity index (χ1v) is 5.84. The maximum Gasteiger partial charge on any atom is 0.253 e. The van der Waals surface area contributed by atoms with Crippen molar-refractivity contribution in [3.05, 3.63) is 59.5 Å². The van der Waals surface area contributed by atoms with Gasteiger partial charge in [-0.05, 0) is 25.1 Å². The number of nitrogens with zero attached hydrogens (tertiary/aromatic N) is 1. The highest BCUT2D eigenvalue weighted by molar-refractivity contribution is 5.94. The van der Waals surface area contributed by atoms with E-state index < -0.39 is 6.04 Å². The van der Waals surface area contributed by atoms with Crippen LogP contribution in [0.2, 0.25) is 0 Å². The summed E-state index contributed by atoms with van der Waals surface area (Å²) in [7, 11) is 0. The van der Waals surface area contributed by atoms with Crippen LogP contribution in [0.4, 0.5) is 10.2 Å². The zero-order valence-corrected chi connectivity index (χ0v) is 10.4. The van der Waals surface area contributed by atoms with Gasteiger partial charge < -0.3 is 11.1 Å². The fraction of sp³-hybridized carbons (Fsp3) is 0.143. The number of anilines is 1. The van der Waals surface area contributed by atoms with Crippen LogP contribution in [0, 0.1) is 5.82 Å². The lowest BCUT2D eigenvalue weighted by Gasteiger charge is -2.14. The molecule has 2 aromatic rings. The molecule has 1 atom stereocenters. The van der Waals surface area contributed by atoms with Crippen molar-refractivity contribution in [3.63, 3.8) is 0 Å². The van der Waals surface area contributed by atoms with Crippen molar-refractivity contribution in [1.29, 1.82) is 0 Å². The lowest BCUT2D eigenvalue weighted by molar-refractivity contribution is 0.0939. The number of hydrogen-bond acceptors (Lipinski definition) is 3. The van der Waals surface area contributed by atoms with Crippen LogP contribution in [0.1, 0.15) is 28.9 Å². The molecule has 3 N–H and O–H groups in total. The van der Waals surface area contributed by atoms with Crippen molar-refractivity contribution in [1.82, 2.24) is 10.3 Å². The van der Waals surface area contributed by atoms with Gasteiger partial charge in [0, 0.05) is 11.8 Å². The van der Waals surface area contributed by atoms with Gasteiger partial charge in [-0.1, -0.05) is 18.2 Å². The first kappa shape index (κ1) is 13.0. The molecule has 0 saturated carbocycles. The molecular formula is C14H14FN3O. The molecule has 1 aromatic carbocycles. The summed E-state index contributed by atoms with van der Waals surface area (Å²) in [6.07, 6.45) is 1.39. The smallest absolute Gasteiger partial charge is 0.253 e. The van der Waals surface area contributed by atoms with Crippen LogP contribution in [-0.2, 0) is 0 Å². The first-order chi connectivity index (χ1) is 9.08. The van der Waals surface area contributed by atoms with Crippen LogP contribution in [0.5, 0.6) is 0 Å². The van der Waals surface area contributed by atoms with E-state index in [2.05, 4.69) is 10.3 Å². The van der Waals surface area contributed by atoms with E-state index in [4.69, 9.17) is 5.73 Å². The number of hydrogen-bond donors (Lipinski definition) is 2. The van der Waals surface area contributed by atoms with Crippen molar-refractivity contribution >= 4 is 11.7 Å². The summed E-state index contributed by atoms with van der Waals surface area (Å²) in [5, 5.41) is 2.71. The van der Waals surface area contributed by atoms with Gasteiger partial charge in [0.05, 0.1) is 11.6 Å². The fourth-order valence-electron chi connectivity index (χ4n) is 1.72. The van der Waals surface area contributed by atoms with E-state index in [-0.39, 0.29) is 11.7 Å². The third-order valence-electron chi connectivity index (χ3n) is 2.77. The number of nitrogen functional groups attached to an aromatic ring is 1. The van der Waals surface area contributed by atoms with Gasteiger partial charge in [0.15, 0.2) is 0 Å². The predicted molar refractivity (Wildman–Crippen MR) is 70.9 cm³/mol. The summed E-state index contributed by atoms with van der Waals surface area (Å²) in [5.41, 5.74) is 6.28. The lowest BCUT2D eigenvalue weighted by atomic mass is 10.1. The van der Waals surface area contributed by atoms with E-state index in [9.17, 15) is 9.18 Å². The van der Waals surface area contributed by atoms with Crippen molar-refractivity contribution in [2.45, 2.75) is 13.0 Å². The summed E-state index contributed by atoms with van der Waals surface area (Å²) >= 11 is 0. The van der Waals surface area contributed by atoms with Crippen molar-refractivity contribution in [2.75, 3.05) is 5.73 Å². The number of halogens is 1. The highest BCUT2D eigenvalue weighted by Gasteiger charge is 2.14. The summed E-state index contributed by atoms with van der Waals surface area (Å²) < 4.78 is 13.6. The molecule has 0 aliphatic carbocycles. The number of aromatic nitrogens is 1. The monoisotopic (exact) mass is 259 g/mol. The van der Waals surface area contributed by atoms with Crippen LogP contribution in [-0.4, -0.2) is 10.9 Å². The second-order valence-electron chi connectivity index (χ2n) is 4.19. The molecule has 1 heterocycles. The Morgan fingerprint density at radius 1 is 1.32 bits per heavy atom. The standard InChI is InChI=1S/C14H14FN3O/c1-9(11-4-2-3-5-12(11)15)18-14(19)10-6-7-13(16)17-8-10/h2-9H,1H3,(H2,16,17)(H,18,19). The van der Waals surface area contributed by atoms with E-state index in [1.807, 2.05) is 0 Å². The summed E-state index contributed by atoms with van der Waals surface area (Å²) in [5.74, 6) is -0.312. The largest absolute Gasteiger partial charge is 0.384 e. The van der Waals surface area contributed by atoms with Gasteiger partial charge in [0.2, 0.25) is 0 Å². The van der Waals surface area contributed by atoms with Crippen molar-refractivity contribution in [3.8, 4) is 0 Å². The number of nitrogens with two attached hydrogens (primary N) is 1. The Morgan fingerprint density at radius 3 is 2.68 bits per heavy atom. The molecule has 98 valence electrons. The van der Waals surface area contributed by atoms with Gasteiger partial charge in [0.25, 0.3) is 5.91 Å². The lowest BCUT2D eigenvalue weighted by Crippen LogP contribution is -2.27. The van der Waals surface area contributed by atoms with E-state index in [0.717, 1.165) is 0 Å². The zero-order valence-electron chi connectivity index (χ0n) is 10.4. The number of carbonyl (C=O) groups is 1. The van der Waals surface area contributed by atoms with Crippen LogP contribution < -0.4 is 11.1 Å². The molecule has 2 rings (SSSR count). The van der Waals surface area contributed by atoms with Crippen LogP contribution in [0.3, 0.4) is 0 Å². The molecule has 1 unspecified atom stereocenters. The summed E-state index contributed by atoms with van der Waals surface area (Å²) in [4.78, 5) is 15.8. The van der Waals surface area contributed by atoms with Gasteiger partial charge in [0.1, 0.15) is 11.6 Å². The van der Waals surface area contributed by atoms with Crippen molar-refractivity contribution in [2.24, 2.45) is 0 Å². The molecule has 19 heavy (non-hydrogen) atoms. The Morgan fingerprint density at radius 2 is 2.05 bits per heavy atom. The van der Waals surface area contributed by atoms with Gasteiger partial charge in [-0.25, -0.2) is 9.37 Å². The van der Waals surface area contributed by atoms with Crippen LogP contribution >= 0.6 is 0 Å². The minimum absolute atomic E-state index is 0.316. The highest BCUT2D eigenvalue weighted by atomic mass is 19.1. The molecule has 1 amide bonds. The van der Waals surface area contributed by atoms with Gasteiger partial charge >= 0.3 is 0 Å². The normalized spacial score (nSPS) is 11.9. The summed E-state index contributed by atoms with van der Waals surface area (Å²) in [6.45, 7) is 1.72. The molecular weight excluding hydrogens is 245 g/mol. The summed E-state index contributed by atoms with van der Waals surface area (Å²) in [6, 6.07) is 9.04. The third kappa shape index (κ3) is 3.07. The highest BCUT2D eigenvalue weighted by Crippen LogP contribution is 2.16. The fourth-order valence-corrected chi connectivity index (χ4v) is 1.72. The maximum atomic E-state index is 13.6. The Balaban J connectivity index is 2.11. The van der Waals surface area contributed by atoms with E-state index >= 15 is 0 Å². The molecule has 0 aliphatic heterocycles. The molecule has 0 fully saturated rings. The number of benzene rings is 1. The van der Waals surface area contributed by atoms with Gasteiger partial charge in [-0.15, -0.1) is 0 Å². The molecule has 0 saturated heterocycles. The zero-order chi connectivity index (χ0) is 13.8. The average molecular weight is 259 g/mol. The molecule has 0 radical (unpaired) electrons. The molecule has 1 aromatic heterocycles. The van der Waals surface area contributed by atoms with Crippen LogP contribution in [0.15, 0.2) is 42.6 Å². The minimum Gasteiger partial charge on any atom is -0.384 e. The Labute approximate surface area is 110 Å². The van der Waals surface area contributed by atoms with Gasteiger partial charge in [-0.3, -0.25) is 4.79 Å². The molecule has 0 bridgehead atoms. The number of nitrogens with one attached hydrogen (secondary N) is 1. The minimum atomic E-state index is -0.425. The molecule has 4 nitrogen and oxygen atoms in total. The average Bonchev–Trinajstić information content (AvgIpc) is 2.39. The number of rotatable bonds is 3. The maximum absolute atomic E-state index is 13.6. The topological polar surface area (TPSA) is 68.0 Å². The molecule has 0 spiro atoms. The first-order valence-electron chi connectivity index (χ1n) is 5.84. The van der Waals surface area contributed by atoms with E-state index in [0.29, 0.717) is 16.9 Å². The van der Waals surface area contributed by atoms with Crippen molar-refractivity contribution < 1.29 is 9.18 Å². The van der Waals surface area contributed by atoms with E-state index in [1.54, 1.807) is 37.3 Å². The quantitative estimate of drug-likeness (QED) is 0.888. The Hall–Kier alpha value is -2.43. The Bertz CT molecular complexity index is 583. The number of amides is 1. The van der Waals surface area contributed by atoms with Gasteiger partial charge in [-0.2, -0.15) is 0 Å². The second-order valence-corrected chi connectivity index (χ2v) is 4.19.